The summed E-state index contributed by atoms with van der Waals surface area (Å²) in [5.41, 5.74) is 5.75. The highest BCUT2D eigenvalue weighted by Crippen LogP contribution is 2.25. The first kappa shape index (κ1) is 12.8. The van der Waals surface area contributed by atoms with Gasteiger partial charge in [-0.2, -0.15) is 0 Å². The highest BCUT2D eigenvalue weighted by molar-refractivity contribution is 7.89. The van der Waals surface area contributed by atoms with Gasteiger partial charge in [0.1, 0.15) is 10.6 Å². The lowest BCUT2D eigenvalue weighted by molar-refractivity contribution is -0.0258. The van der Waals surface area contributed by atoms with Crippen LogP contribution in [0.2, 0.25) is 0 Å². The Hall–Kier alpha value is -1.31. The summed E-state index contributed by atoms with van der Waals surface area (Å²) in [6, 6.07) is 4.34. The van der Waals surface area contributed by atoms with E-state index in [4.69, 9.17) is 10.5 Å². The fraction of sp³-hybridized carbons (Fsp3) is 0.333. The van der Waals surface area contributed by atoms with Gasteiger partial charge in [0.15, 0.2) is 0 Å². The number of sulfonamides is 1. The van der Waals surface area contributed by atoms with Crippen molar-refractivity contribution in [1.29, 1.82) is 0 Å². The molecule has 1 rings (SSSR count). The predicted molar refractivity (Wildman–Crippen MR) is 59.4 cm³/mol. The Bertz CT molecular complexity index is 472. The number of nitrogens with zero attached hydrogens (tertiary/aromatic N) is 1. The molecule has 6 nitrogen and oxygen atoms in total. The summed E-state index contributed by atoms with van der Waals surface area (Å²) in [4.78, 5) is 4.62. The van der Waals surface area contributed by atoms with Crippen molar-refractivity contribution in [2.24, 2.45) is 0 Å². The summed E-state index contributed by atoms with van der Waals surface area (Å²) < 4.78 is 29.4. The lowest BCUT2D eigenvalue weighted by atomic mass is 10.3. The second-order valence-electron chi connectivity index (χ2n) is 3.00. The molecule has 0 aromatic heterocycles. The topological polar surface area (TPSA) is 81.9 Å². The molecular weight excluding hydrogens is 232 g/mol. The summed E-state index contributed by atoms with van der Waals surface area (Å²) in [5.74, 6) is 0.497. The van der Waals surface area contributed by atoms with Crippen LogP contribution in [-0.2, 0) is 14.9 Å². The quantitative estimate of drug-likeness (QED) is 0.616. The second kappa shape index (κ2) is 4.69. The van der Waals surface area contributed by atoms with Gasteiger partial charge in [0, 0.05) is 13.1 Å². The van der Waals surface area contributed by atoms with Gasteiger partial charge in [-0.3, -0.25) is 4.84 Å². The maximum atomic E-state index is 11.9. The van der Waals surface area contributed by atoms with Gasteiger partial charge in [-0.25, -0.2) is 8.42 Å². The van der Waals surface area contributed by atoms with Crippen LogP contribution in [-0.4, -0.2) is 34.2 Å². The number of hydrogen-bond donors (Lipinski definition) is 1. The van der Waals surface area contributed by atoms with E-state index in [1.54, 1.807) is 0 Å². The molecule has 16 heavy (non-hydrogen) atoms. The molecular formula is C9H14N2O4S. The van der Waals surface area contributed by atoms with E-state index in [0.717, 1.165) is 4.47 Å². The normalized spacial score (nSPS) is 11.8. The molecule has 0 radical (unpaired) electrons. The lowest BCUT2D eigenvalue weighted by Crippen LogP contribution is -2.26. The van der Waals surface area contributed by atoms with Crippen molar-refractivity contribution in [3.63, 3.8) is 0 Å². The van der Waals surface area contributed by atoms with Crippen molar-refractivity contribution < 1.29 is 18.0 Å². The van der Waals surface area contributed by atoms with E-state index in [1.807, 2.05) is 0 Å². The first-order valence-corrected chi connectivity index (χ1v) is 5.84. The van der Waals surface area contributed by atoms with Crippen LogP contribution in [0.15, 0.2) is 23.1 Å². The highest BCUT2D eigenvalue weighted by atomic mass is 32.2. The van der Waals surface area contributed by atoms with Crippen LogP contribution in [0.3, 0.4) is 0 Å². The van der Waals surface area contributed by atoms with E-state index in [0.29, 0.717) is 5.75 Å². The van der Waals surface area contributed by atoms with Crippen molar-refractivity contribution in [1.82, 2.24) is 4.47 Å². The van der Waals surface area contributed by atoms with Crippen molar-refractivity contribution in [3.8, 4) is 5.75 Å². The minimum absolute atomic E-state index is 0.0161. The second-order valence-corrected chi connectivity index (χ2v) is 4.91. The number of methoxy groups -OCH3 is 1. The summed E-state index contributed by atoms with van der Waals surface area (Å²) >= 11 is 0. The average molecular weight is 246 g/mol. The Balaban J connectivity index is 3.24. The van der Waals surface area contributed by atoms with Crippen LogP contribution in [0.5, 0.6) is 5.75 Å². The van der Waals surface area contributed by atoms with E-state index in [2.05, 4.69) is 4.84 Å². The largest absolute Gasteiger partial charge is 0.497 e. The van der Waals surface area contributed by atoms with Crippen molar-refractivity contribution in [3.05, 3.63) is 18.2 Å². The van der Waals surface area contributed by atoms with Crippen LogP contribution in [0.4, 0.5) is 5.69 Å². The smallest absolute Gasteiger partial charge is 0.266 e. The molecule has 90 valence electrons. The third kappa shape index (κ3) is 2.26. The van der Waals surface area contributed by atoms with Crippen molar-refractivity contribution in [2.75, 3.05) is 27.0 Å². The predicted octanol–water partition coefficient (Wildman–Crippen LogP) is 0.459. The molecule has 0 atom stereocenters. The summed E-state index contributed by atoms with van der Waals surface area (Å²) in [6.07, 6.45) is 0. The number of anilines is 1. The Kier molecular flexibility index (Phi) is 3.74. The van der Waals surface area contributed by atoms with Crippen LogP contribution in [0, 0.1) is 0 Å². The number of nitrogens with two attached hydrogens (primary N) is 1. The van der Waals surface area contributed by atoms with Crippen molar-refractivity contribution in [2.45, 2.75) is 4.90 Å². The van der Waals surface area contributed by atoms with Gasteiger partial charge in [0.05, 0.1) is 19.9 Å². The maximum absolute atomic E-state index is 11.9. The Morgan fingerprint density at radius 1 is 1.31 bits per heavy atom. The van der Waals surface area contributed by atoms with Gasteiger partial charge in [-0.1, -0.05) is 4.47 Å². The van der Waals surface area contributed by atoms with Gasteiger partial charge in [-0.05, 0) is 12.1 Å². The molecule has 0 aliphatic carbocycles. The highest BCUT2D eigenvalue weighted by Gasteiger charge is 2.23. The molecule has 0 saturated carbocycles. The Morgan fingerprint density at radius 2 is 1.94 bits per heavy atom. The molecule has 0 heterocycles. The van der Waals surface area contributed by atoms with E-state index in [-0.39, 0.29) is 10.6 Å². The molecule has 0 spiro atoms. The zero-order valence-corrected chi connectivity index (χ0v) is 10.1. The minimum atomic E-state index is -3.71. The number of hydroxylamine groups is 1. The molecule has 7 heteroatoms. The van der Waals surface area contributed by atoms with Crippen LogP contribution >= 0.6 is 0 Å². The summed E-state index contributed by atoms with van der Waals surface area (Å²) in [7, 11) is 0.314. The molecule has 0 unspecified atom stereocenters. The zero-order valence-electron chi connectivity index (χ0n) is 9.30. The third-order valence-electron chi connectivity index (χ3n) is 2.09. The number of hydrogen-bond acceptors (Lipinski definition) is 5. The number of benzene rings is 1. The zero-order chi connectivity index (χ0) is 12.3. The Morgan fingerprint density at radius 3 is 2.38 bits per heavy atom. The maximum Gasteiger partial charge on any atom is 0.266 e. The van der Waals surface area contributed by atoms with E-state index < -0.39 is 10.0 Å². The molecule has 0 bridgehead atoms. The molecule has 1 aromatic rings. The van der Waals surface area contributed by atoms with Crippen LogP contribution in [0.25, 0.3) is 0 Å². The fourth-order valence-electron chi connectivity index (χ4n) is 1.13. The van der Waals surface area contributed by atoms with Gasteiger partial charge < -0.3 is 10.5 Å². The van der Waals surface area contributed by atoms with Gasteiger partial charge in [-0.15, -0.1) is 0 Å². The molecule has 0 saturated heterocycles. The van der Waals surface area contributed by atoms with E-state index in [9.17, 15) is 8.42 Å². The monoisotopic (exact) mass is 246 g/mol. The fourth-order valence-corrected chi connectivity index (χ4v) is 2.20. The minimum Gasteiger partial charge on any atom is -0.497 e. The summed E-state index contributed by atoms with van der Waals surface area (Å²) in [5, 5.41) is 0. The molecule has 1 aromatic carbocycles. The number of nitrogen functional groups attached to an aromatic ring is 1. The summed E-state index contributed by atoms with van der Waals surface area (Å²) in [6.45, 7) is 0. The average Bonchev–Trinajstić information content (AvgIpc) is 2.27. The van der Waals surface area contributed by atoms with Gasteiger partial charge in [0.2, 0.25) is 0 Å². The number of rotatable bonds is 4. The third-order valence-corrected chi connectivity index (χ3v) is 3.84. The number of ether oxygens (including phenoxy) is 1. The van der Waals surface area contributed by atoms with Gasteiger partial charge in [0.25, 0.3) is 10.0 Å². The van der Waals surface area contributed by atoms with E-state index in [1.165, 1.54) is 39.5 Å². The molecule has 0 aliphatic heterocycles. The SMILES string of the molecule is COc1ccc(S(=O)(=O)N(C)OC)c(N)c1. The molecule has 0 aliphatic rings. The first-order valence-electron chi connectivity index (χ1n) is 4.40. The lowest BCUT2D eigenvalue weighted by Gasteiger charge is -2.15. The molecule has 2 N–H and O–H groups in total. The van der Waals surface area contributed by atoms with E-state index >= 15 is 0 Å². The first-order chi connectivity index (χ1) is 7.43. The standard InChI is InChI=1S/C9H14N2O4S/c1-11(15-3)16(12,13)9-5-4-7(14-2)6-8(9)10/h4-6H,10H2,1-3H3. The molecule has 0 fully saturated rings. The van der Waals surface area contributed by atoms with Crippen molar-refractivity contribution >= 4 is 15.7 Å². The van der Waals surface area contributed by atoms with Gasteiger partial charge >= 0.3 is 0 Å². The van der Waals surface area contributed by atoms with Crippen LogP contribution < -0.4 is 10.5 Å². The molecule has 0 amide bonds. The van der Waals surface area contributed by atoms with Crippen LogP contribution in [0.1, 0.15) is 0 Å². The Labute approximate surface area is 94.6 Å².